The Bertz CT molecular complexity index is 781. The van der Waals surface area contributed by atoms with Gasteiger partial charge in [0.1, 0.15) is 5.75 Å². The van der Waals surface area contributed by atoms with E-state index in [-0.39, 0.29) is 6.03 Å². The maximum atomic E-state index is 12.3. The van der Waals surface area contributed by atoms with Gasteiger partial charge in [0.25, 0.3) is 0 Å². The number of nitrogens with zero attached hydrogens (tertiary/aromatic N) is 3. The highest BCUT2D eigenvalue weighted by Crippen LogP contribution is 2.26. The molecule has 0 radical (unpaired) electrons. The summed E-state index contributed by atoms with van der Waals surface area (Å²) in [6.45, 7) is 7.16. The van der Waals surface area contributed by atoms with Crippen molar-refractivity contribution in [2.45, 2.75) is 26.4 Å². The normalized spacial score (nSPS) is 17.0. The third-order valence-corrected chi connectivity index (χ3v) is 4.91. The van der Waals surface area contributed by atoms with Crippen LogP contribution in [0.3, 0.4) is 0 Å². The summed E-state index contributed by atoms with van der Waals surface area (Å²) in [6, 6.07) is 8.25. The number of nitrogens with one attached hydrogen (secondary N) is 1. The lowest BCUT2D eigenvalue weighted by atomic mass is 10.1. The SMILES string of the molecule is Cc1cc(CNC(=O)N2CCN(Cc3ccc4c(c3)CCO4)CC2)on1. The minimum atomic E-state index is -0.0478. The number of fused-ring (bicyclic) bond motifs is 1. The number of aromatic nitrogens is 1. The summed E-state index contributed by atoms with van der Waals surface area (Å²) in [7, 11) is 0. The van der Waals surface area contributed by atoms with Crippen LogP contribution in [0.1, 0.15) is 22.6 Å². The molecule has 7 heteroatoms. The monoisotopic (exact) mass is 356 g/mol. The topological polar surface area (TPSA) is 70.8 Å². The maximum Gasteiger partial charge on any atom is 0.317 e. The summed E-state index contributed by atoms with van der Waals surface area (Å²) >= 11 is 0. The van der Waals surface area contributed by atoms with Gasteiger partial charge < -0.3 is 19.5 Å². The van der Waals surface area contributed by atoms with E-state index in [4.69, 9.17) is 9.26 Å². The second kappa shape index (κ2) is 7.37. The van der Waals surface area contributed by atoms with Gasteiger partial charge in [0.05, 0.1) is 18.8 Å². The lowest BCUT2D eigenvalue weighted by molar-refractivity contribution is 0.134. The number of benzene rings is 1. The molecule has 26 heavy (non-hydrogen) atoms. The molecular formula is C19H24N4O3. The first-order valence-corrected chi connectivity index (χ1v) is 9.09. The standard InChI is InChI=1S/C19H24N4O3/c1-14-10-17(26-21-14)12-20-19(24)23-7-5-22(6-8-23)13-15-2-3-18-16(11-15)4-9-25-18/h2-3,10-11H,4-9,12-13H2,1H3,(H,20,24). The zero-order valence-corrected chi connectivity index (χ0v) is 15.0. The average molecular weight is 356 g/mol. The number of carbonyl (C=O) groups excluding carboxylic acids is 1. The van der Waals surface area contributed by atoms with Gasteiger partial charge in [0.2, 0.25) is 0 Å². The van der Waals surface area contributed by atoms with E-state index in [0.29, 0.717) is 12.3 Å². The zero-order chi connectivity index (χ0) is 17.9. The second-order valence-corrected chi connectivity index (χ2v) is 6.90. The van der Waals surface area contributed by atoms with E-state index in [1.807, 2.05) is 17.9 Å². The molecule has 0 atom stereocenters. The predicted octanol–water partition coefficient (Wildman–Crippen LogP) is 1.95. The zero-order valence-electron chi connectivity index (χ0n) is 15.0. The molecule has 0 bridgehead atoms. The highest BCUT2D eigenvalue weighted by atomic mass is 16.5. The quantitative estimate of drug-likeness (QED) is 0.907. The van der Waals surface area contributed by atoms with Crippen LogP contribution < -0.4 is 10.1 Å². The molecule has 0 saturated carbocycles. The predicted molar refractivity (Wildman–Crippen MR) is 96.0 cm³/mol. The van der Waals surface area contributed by atoms with Crippen molar-refractivity contribution in [3.63, 3.8) is 0 Å². The van der Waals surface area contributed by atoms with Crippen LogP contribution in [0.15, 0.2) is 28.8 Å². The lowest BCUT2D eigenvalue weighted by Gasteiger charge is -2.34. The molecule has 0 aliphatic carbocycles. The largest absolute Gasteiger partial charge is 0.493 e. The molecule has 1 aromatic heterocycles. The number of rotatable bonds is 4. The minimum absolute atomic E-state index is 0.0478. The fourth-order valence-corrected chi connectivity index (χ4v) is 3.48. The second-order valence-electron chi connectivity index (χ2n) is 6.90. The van der Waals surface area contributed by atoms with Crippen molar-refractivity contribution >= 4 is 6.03 Å². The fraction of sp³-hybridized carbons (Fsp3) is 0.474. The Balaban J connectivity index is 1.24. The van der Waals surface area contributed by atoms with E-state index in [1.54, 1.807) is 0 Å². The van der Waals surface area contributed by atoms with E-state index in [9.17, 15) is 4.79 Å². The fourth-order valence-electron chi connectivity index (χ4n) is 3.48. The Labute approximate surface area is 152 Å². The molecule has 1 N–H and O–H groups in total. The van der Waals surface area contributed by atoms with Crippen molar-refractivity contribution in [2.75, 3.05) is 32.8 Å². The van der Waals surface area contributed by atoms with E-state index in [0.717, 1.165) is 57.2 Å². The van der Waals surface area contributed by atoms with Crippen LogP contribution >= 0.6 is 0 Å². The van der Waals surface area contributed by atoms with Gasteiger partial charge in [-0.1, -0.05) is 17.3 Å². The molecule has 2 amide bonds. The average Bonchev–Trinajstić information content (AvgIpc) is 3.28. The van der Waals surface area contributed by atoms with Gasteiger partial charge >= 0.3 is 6.03 Å². The van der Waals surface area contributed by atoms with Crippen LogP contribution in [0.2, 0.25) is 0 Å². The van der Waals surface area contributed by atoms with E-state index < -0.39 is 0 Å². The Morgan fingerprint density at radius 1 is 1.23 bits per heavy atom. The first-order valence-electron chi connectivity index (χ1n) is 9.09. The Kier molecular flexibility index (Phi) is 4.79. The molecule has 1 fully saturated rings. The molecule has 2 aromatic rings. The number of aryl methyl sites for hydroxylation is 1. The van der Waals surface area contributed by atoms with Crippen molar-refractivity contribution in [3.8, 4) is 5.75 Å². The number of amides is 2. The van der Waals surface area contributed by atoms with Crippen LogP contribution in [0, 0.1) is 6.92 Å². The van der Waals surface area contributed by atoms with Crippen molar-refractivity contribution in [3.05, 3.63) is 46.8 Å². The number of carbonyl (C=O) groups is 1. The molecule has 2 aliphatic heterocycles. The van der Waals surface area contributed by atoms with Crippen molar-refractivity contribution < 1.29 is 14.1 Å². The van der Waals surface area contributed by atoms with E-state index in [1.165, 1.54) is 11.1 Å². The molecule has 138 valence electrons. The highest BCUT2D eigenvalue weighted by molar-refractivity contribution is 5.74. The van der Waals surface area contributed by atoms with Gasteiger partial charge in [-0.15, -0.1) is 0 Å². The summed E-state index contributed by atoms with van der Waals surface area (Å²) in [5.74, 6) is 1.70. The summed E-state index contributed by atoms with van der Waals surface area (Å²) in [6.07, 6.45) is 1.00. The van der Waals surface area contributed by atoms with E-state index in [2.05, 4.69) is 33.6 Å². The minimum Gasteiger partial charge on any atom is -0.493 e. The van der Waals surface area contributed by atoms with Gasteiger partial charge in [-0.05, 0) is 24.1 Å². The number of urea groups is 1. The lowest BCUT2D eigenvalue weighted by Crippen LogP contribution is -2.51. The molecule has 0 unspecified atom stereocenters. The smallest absolute Gasteiger partial charge is 0.317 e. The first-order chi connectivity index (χ1) is 12.7. The van der Waals surface area contributed by atoms with Crippen molar-refractivity contribution in [2.24, 2.45) is 0 Å². The number of hydrogen-bond donors (Lipinski definition) is 1. The summed E-state index contributed by atoms with van der Waals surface area (Å²) in [5, 5.41) is 6.72. The van der Waals surface area contributed by atoms with Crippen molar-refractivity contribution in [1.29, 1.82) is 0 Å². The number of hydrogen-bond acceptors (Lipinski definition) is 5. The van der Waals surface area contributed by atoms with Gasteiger partial charge in [-0.3, -0.25) is 4.90 Å². The highest BCUT2D eigenvalue weighted by Gasteiger charge is 2.22. The Hall–Kier alpha value is -2.54. The molecule has 1 aromatic carbocycles. The molecule has 3 heterocycles. The van der Waals surface area contributed by atoms with Crippen LogP contribution in [0.5, 0.6) is 5.75 Å². The van der Waals surface area contributed by atoms with Gasteiger partial charge in [-0.25, -0.2) is 4.79 Å². The van der Waals surface area contributed by atoms with Crippen LogP contribution in [0.25, 0.3) is 0 Å². The van der Waals surface area contributed by atoms with Crippen LogP contribution in [-0.2, 0) is 19.5 Å². The molecule has 2 aliphatic rings. The Morgan fingerprint density at radius 2 is 2.08 bits per heavy atom. The summed E-state index contributed by atoms with van der Waals surface area (Å²) in [5.41, 5.74) is 3.44. The first kappa shape index (κ1) is 16.9. The molecular weight excluding hydrogens is 332 g/mol. The maximum absolute atomic E-state index is 12.3. The molecule has 7 nitrogen and oxygen atoms in total. The summed E-state index contributed by atoms with van der Waals surface area (Å²) < 4.78 is 10.7. The number of piperazine rings is 1. The number of ether oxygens (including phenoxy) is 1. The molecule has 1 saturated heterocycles. The van der Waals surface area contributed by atoms with E-state index >= 15 is 0 Å². The van der Waals surface area contributed by atoms with Crippen LogP contribution in [-0.4, -0.2) is 53.8 Å². The van der Waals surface area contributed by atoms with Crippen molar-refractivity contribution in [1.82, 2.24) is 20.3 Å². The Morgan fingerprint density at radius 3 is 2.85 bits per heavy atom. The van der Waals surface area contributed by atoms with Gasteiger partial charge in [-0.2, -0.15) is 0 Å². The molecule has 0 spiro atoms. The van der Waals surface area contributed by atoms with Gasteiger partial charge in [0, 0.05) is 45.2 Å². The van der Waals surface area contributed by atoms with Crippen LogP contribution in [0.4, 0.5) is 4.79 Å². The third kappa shape index (κ3) is 3.83. The van der Waals surface area contributed by atoms with Gasteiger partial charge in [0.15, 0.2) is 5.76 Å². The third-order valence-electron chi connectivity index (χ3n) is 4.91. The molecule has 4 rings (SSSR count). The summed E-state index contributed by atoms with van der Waals surface area (Å²) in [4.78, 5) is 16.5.